The first-order valence-electron chi connectivity index (χ1n) is 6.17. The van der Waals surface area contributed by atoms with Crippen molar-refractivity contribution < 1.29 is 5.11 Å². The first-order chi connectivity index (χ1) is 7.86. The lowest BCUT2D eigenvalue weighted by molar-refractivity contribution is 0.214. The quantitative estimate of drug-likeness (QED) is 0.864. The van der Waals surface area contributed by atoms with Gasteiger partial charge in [-0.2, -0.15) is 11.8 Å². The highest BCUT2D eigenvalue weighted by molar-refractivity contribution is 7.99. The van der Waals surface area contributed by atoms with E-state index in [0.29, 0.717) is 17.8 Å². The summed E-state index contributed by atoms with van der Waals surface area (Å²) >= 11 is 2.02. The molecule has 1 aromatic carbocycles. The van der Waals surface area contributed by atoms with Crippen LogP contribution in [0.2, 0.25) is 0 Å². The first kappa shape index (κ1) is 12.0. The van der Waals surface area contributed by atoms with Crippen molar-refractivity contribution in [2.75, 3.05) is 12.4 Å². The molecule has 16 heavy (non-hydrogen) atoms. The summed E-state index contributed by atoms with van der Waals surface area (Å²) in [5.74, 6) is 1.62. The number of rotatable bonds is 4. The van der Waals surface area contributed by atoms with E-state index >= 15 is 0 Å². The Hall–Kier alpha value is -0.470. The van der Waals surface area contributed by atoms with Gasteiger partial charge in [-0.3, -0.25) is 0 Å². The second kappa shape index (κ2) is 5.74. The van der Waals surface area contributed by atoms with E-state index in [0.717, 1.165) is 12.8 Å². The molecular formula is C14H20OS. The van der Waals surface area contributed by atoms with Gasteiger partial charge in [-0.15, -0.1) is 0 Å². The van der Waals surface area contributed by atoms with Crippen molar-refractivity contribution >= 4 is 11.8 Å². The Bertz CT molecular complexity index is 337. The lowest BCUT2D eigenvalue weighted by Gasteiger charge is -2.30. The third-order valence-electron chi connectivity index (χ3n) is 3.35. The number of aliphatic hydroxyl groups excluding tert-OH is 1. The first-order valence-corrected chi connectivity index (χ1v) is 7.22. The topological polar surface area (TPSA) is 20.2 Å². The van der Waals surface area contributed by atoms with E-state index < -0.39 is 0 Å². The molecule has 0 saturated heterocycles. The van der Waals surface area contributed by atoms with Crippen molar-refractivity contribution in [3.05, 3.63) is 35.4 Å². The molecule has 2 heteroatoms. The molecule has 0 saturated carbocycles. The molecule has 1 aliphatic heterocycles. The summed E-state index contributed by atoms with van der Waals surface area (Å²) in [7, 11) is 0. The molecule has 0 spiro atoms. The van der Waals surface area contributed by atoms with Gasteiger partial charge in [0, 0.05) is 11.9 Å². The van der Waals surface area contributed by atoms with Crippen molar-refractivity contribution in [1.29, 1.82) is 0 Å². The van der Waals surface area contributed by atoms with E-state index in [1.54, 1.807) is 0 Å². The Balaban J connectivity index is 2.23. The molecule has 1 aromatic rings. The van der Waals surface area contributed by atoms with E-state index in [1.165, 1.54) is 23.3 Å². The van der Waals surface area contributed by atoms with Crippen molar-refractivity contribution in [1.82, 2.24) is 0 Å². The fourth-order valence-corrected chi connectivity index (χ4v) is 4.02. The molecule has 1 heterocycles. The van der Waals surface area contributed by atoms with Crippen LogP contribution in [0.3, 0.4) is 0 Å². The Labute approximate surface area is 102 Å². The number of benzene rings is 1. The number of thioether (sulfide) groups is 1. The summed E-state index contributed by atoms with van der Waals surface area (Å²) in [6.45, 7) is 2.52. The lowest BCUT2D eigenvalue weighted by atomic mass is 9.91. The zero-order chi connectivity index (χ0) is 11.4. The van der Waals surface area contributed by atoms with Crippen LogP contribution in [0.25, 0.3) is 0 Å². The van der Waals surface area contributed by atoms with Crippen molar-refractivity contribution in [3.63, 3.8) is 0 Å². The maximum atomic E-state index is 9.52. The number of hydrogen-bond donors (Lipinski definition) is 1. The molecule has 0 aliphatic carbocycles. The summed E-state index contributed by atoms with van der Waals surface area (Å²) in [5, 5.41) is 10.0. The fraction of sp³-hybridized carbons (Fsp3) is 0.571. The molecule has 0 radical (unpaired) electrons. The molecule has 88 valence electrons. The summed E-state index contributed by atoms with van der Waals surface area (Å²) in [6, 6.07) is 8.73. The van der Waals surface area contributed by atoms with Gasteiger partial charge in [0.1, 0.15) is 0 Å². The standard InChI is InChI=1S/C14H20OS/c1-2-5-12(10-15)14-13-7-4-3-6-11(13)8-9-16-14/h3-4,6-7,12,14-15H,2,5,8-10H2,1H3. The Morgan fingerprint density at radius 2 is 2.25 bits per heavy atom. The minimum atomic E-state index is 0.319. The predicted octanol–water partition coefficient (Wildman–Crippen LogP) is 3.43. The van der Waals surface area contributed by atoms with Gasteiger partial charge in [0.05, 0.1) is 0 Å². The molecule has 2 unspecified atom stereocenters. The van der Waals surface area contributed by atoms with Crippen molar-refractivity contribution in [2.24, 2.45) is 5.92 Å². The van der Waals surface area contributed by atoms with Gasteiger partial charge in [-0.25, -0.2) is 0 Å². The van der Waals surface area contributed by atoms with Gasteiger partial charge in [0.15, 0.2) is 0 Å². The second-order valence-electron chi connectivity index (χ2n) is 4.47. The van der Waals surface area contributed by atoms with E-state index in [9.17, 15) is 5.11 Å². The number of aryl methyl sites for hydroxylation is 1. The van der Waals surface area contributed by atoms with Crippen LogP contribution in [0.1, 0.15) is 36.1 Å². The molecule has 0 amide bonds. The van der Waals surface area contributed by atoms with E-state index in [2.05, 4.69) is 31.2 Å². The van der Waals surface area contributed by atoms with Gasteiger partial charge in [-0.05, 0) is 35.6 Å². The Morgan fingerprint density at radius 1 is 1.44 bits per heavy atom. The normalized spacial score (nSPS) is 21.5. The highest BCUT2D eigenvalue weighted by Gasteiger charge is 2.27. The highest BCUT2D eigenvalue weighted by Crippen LogP contribution is 2.43. The lowest BCUT2D eigenvalue weighted by Crippen LogP contribution is -2.19. The fourth-order valence-electron chi connectivity index (χ4n) is 2.52. The predicted molar refractivity (Wildman–Crippen MR) is 70.8 cm³/mol. The van der Waals surface area contributed by atoms with Crippen LogP contribution in [-0.4, -0.2) is 17.5 Å². The Morgan fingerprint density at radius 3 is 3.00 bits per heavy atom. The summed E-state index contributed by atoms with van der Waals surface area (Å²) < 4.78 is 0. The largest absolute Gasteiger partial charge is 0.396 e. The second-order valence-corrected chi connectivity index (χ2v) is 5.72. The summed E-state index contributed by atoms with van der Waals surface area (Å²) in [5.41, 5.74) is 2.95. The van der Waals surface area contributed by atoms with Gasteiger partial charge < -0.3 is 5.11 Å². The van der Waals surface area contributed by atoms with Crippen LogP contribution in [0, 0.1) is 5.92 Å². The van der Waals surface area contributed by atoms with E-state index in [-0.39, 0.29) is 0 Å². The molecule has 0 fully saturated rings. The average Bonchev–Trinajstić information content (AvgIpc) is 2.35. The van der Waals surface area contributed by atoms with Gasteiger partial charge >= 0.3 is 0 Å². The summed E-state index contributed by atoms with van der Waals surface area (Å²) in [6.07, 6.45) is 3.47. The maximum Gasteiger partial charge on any atom is 0.0473 e. The number of hydrogen-bond acceptors (Lipinski definition) is 2. The maximum absolute atomic E-state index is 9.52. The SMILES string of the molecule is CCCC(CO)C1SCCc2ccccc21. The smallest absolute Gasteiger partial charge is 0.0473 e. The zero-order valence-corrected chi connectivity index (χ0v) is 10.7. The van der Waals surface area contributed by atoms with Crippen LogP contribution in [-0.2, 0) is 6.42 Å². The third-order valence-corrected chi connectivity index (χ3v) is 4.79. The van der Waals surface area contributed by atoms with Crippen LogP contribution >= 0.6 is 11.8 Å². The molecule has 1 aliphatic rings. The van der Waals surface area contributed by atoms with E-state index in [4.69, 9.17) is 0 Å². The zero-order valence-electron chi connectivity index (χ0n) is 9.86. The van der Waals surface area contributed by atoms with Crippen LogP contribution in [0.4, 0.5) is 0 Å². The van der Waals surface area contributed by atoms with Gasteiger partial charge in [0.2, 0.25) is 0 Å². The number of fused-ring (bicyclic) bond motifs is 1. The minimum absolute atomic E-state index is 0.319. The molecule has 1 N–H and O–H groups in total. The summed E-state index contributed by atoms with van der Waals surface area (Å²) in [4.78, 5) is 0. The molecule has 0 bridgehead atoms. The molecule has 0 aromatic heterocycles. The molecule has 2 rings (SSSR count). The monoisotopic (exact) mass is 236 g/mol. The molecule has 1 nitrogen and oxygen atoms in total. The average molecular weight is 236 g/mol. The van der Waals surface area contributed by atoms with Crippen molar-refractivity contribution in [2.45, 2.75) is 31.4 Å². The van der Waals surface area contributed by atoms with E-state index in [1.807, 2.05) is 11.8 Å². The third kappa shape index (κ3) is 2.44. The van der Waals surface area contributed by atoms with Crippen LogP contribution in [0.15, 0.2) is 24.3 Å². The molecule has 2 atom stereocenters. The number of aliphatic hydroxyl groups is 1. The highest BCUT2D eigenvalue weighted by atomic mass is 32.2. The minimum Gasteiger partial charge on any atom is -0.396 e. The van der Waals surface area contributed by atoms with Gasteiger partial charge in [-0.1, -0.05) is 37.6 Å². The van der Waals surface area contributed by atoms with Gasteiger partial charge in [0.25, 0.3) is 0 Å². The van der Waals surface area contributed by atoms with Crippen molar-refractivity contribution in [3.8, 4) is 0 Å². The Kier molecular flexibility index (Phi) is 4.30. The molecular weight excluding hydrogens is 216 g/mol. The van der Waals surface area contributed by atoms with Crippen LogP contribution in [0.5, 0.6) is 0 Å². The van der Waals surface area contributed by atoms with Crippen LogP contribution < -0.4 is 0 Å².